The third-order valence-corrected chi connectivity index (χ3v) is 2.46. The Hall–Kier alpha value is 0.0300. The lowest BCUT2D eigenvalue weighted by atomic mass is 10.2. The minimum Gasteiger partial charge on any atom is -0.314 e. The fourth-order valence-corrected chi connectivity index (χ4v) is 1.90. The Balaban J connectivity index is 2.50. The van der Waals surface area contributed by atoms with Gasteiger partial charge in [0.25, 0.3) is 0 Å². The lowest BCUT2D eigenvalue weighted by molar-refractivity contribution is -0.105. The minimum absolute atomic E-state index is 0.203. The van der Waals surface area contributed by atoms with Crippen molar-refractivity contribution in [3.05, 3.63) is 0 Å². The SMILES string of the molecule is CCC1CNCCN1OP(N)(N)=O. The van der Waals surface area contributed by atoms with E-state index < -0.39 is 7.67 Å². The van der Waals surface area contributed by atoms with E-state index in [-0.39, 0.29) is 6.04 Å². The van der Waals surface area contributed by atoms with E-state index in [1.165, 1.54) is 0 Å². The molecule has 1 heterocycles. The van der Waals surface area contributed by atoms with Gasteiger partial charge in [0, 0.05) is 25.7 Å². The quantitative estimate of drug-likeness (QED) is 0.548. The van der Waals surface area contributed by atoms with Crippen LogP contribution < -0.4 is 16.3 Å². The van der Waals surface area contributed by atoms with E-state index in [1.807, 2.05) is 6.92 Å². The van der Waals surface area contributed by atoms with Gasteiger partial charge < -0.3 is 5.32 Å². The first kappa shape index (κ1) is 11.1. The summed E-state index contributed by atoms with van der Waals surface area (Å²) in [4.78, 5) is 0. The van der Waals surface area contributed by atoms with E-state index in [0.29, 0.717) is 6.54 Å². The molecule has 0 aliphatic carbocycles. The highest BCUT2D eigenvalue weighted by Gasteiger charge is 2.25. The summed E-state index contributed by atoms with van der Waals surface area (Å²) in [5.41, 5.74) is 10.3. The largest absolute Gasteiger partial charge is 0.352 e. The van der Waals surface area contributed by atoms with Gasteiger partial charge in [-0.25, -0.2) is 15.6 Å². The average molecular weight is 208 g/mol. The molecule has 78 valence electrons. The molecule has 7 heteroatoms. The second-order valence-electron chi connectivity index (χ2n) is 3.13. The maximum absolute atomic E-state index is 11.0. The Labute approximate surface area is 78.1 Å². The number of nitrogens with zero attached hydrogens (tertiary/aromatic N) is 1. The van der Waals surface area contributed by atoms with Crippen molar-refractivity contribution in [1.29, 1.82) is 0 Å². The Bertz CT molecular complexity index is 207. The molecule has 1 aliphatic rings. The number of hydrogen-bond donors (Lipinski definition) is 3. The van der Waals surface area contributed by atoms with Gasteiger partial charge in [-0.1, -0.05) is 6.92 Å². The predicted octanol–water partition coefficient (Wildman–Crippen LogP) is -0.373. The van der Waals surface area contributed by atoms with Crippen molar-refractivity contribution in [3.63, 3.8) is 0 Å². The average Bonchev–Trinajstić information content (AvgIpc) is 2.02. The first-order valence-electron chi connectivity index (χ1n) is 4.37. The van der Waals surface area contributed by atoms with Gasteiger partial charge >= 0.3 is 7.67 Å². The number of nitrogens with one attached hydrogen (secondary N) is 1. The van der Waals surface area contributed by atoms with Crippen molar-refractivity contribution in [2.45, 2.75) is 19.4 Å². The number of piperazine rings is 1. The number of hydrogen-bond acceptors (Lipinski definition) is 4. The van der Waals surface area contributed by atoms with Gasteiger partial charge in [0.05, 0.1) is 0 Å². The maximum atomic E-state index is 11.0. The smallest absolute Gasteiger partial charge is 0.314 e. The summed E-state index contributed by atoms with van der Waals surface area (Å²) in [6.45, 7) is 4.32. The molecule has 0 aromatic heterocycles. The second kappa shape index (κ2) is 4.50. The molecule has 1 fully saturated rings. The number of hydroxylamine groups is 2. The molecule has 1 unspecified atom stereocenters. The van der Waals surface area contributed by atoms with E-state index in [2.05, 4.69) is 5.32 Å². The van der Waals surface area contributed by atoms with Crippen LogP contribution >= 0.6 is 7.67 Å². The van der Waals surface area contributed by atoms with E-state index in [9.17, 15) is 4.57 Å². The maximum Gasteiger partial charge on any atom is 0.352 e. The second-order valence-corrected chi connectivity index (χ2v) is 4.59. The Morgan fingerprint density at radius 1 is 1.69 bits per heavy atom. The van der Waals surface area contributed by atoms with Gasteiger partial charge in [0.1, 0.15) is 0 Å². The highest BCUT2D eigenvalue weighted by molar-refractivity contribution is 7.53. The van der Waals surface area contributed by atoms with Crippen LogP contribution in [-0.2, 0) is 9.19 Å². The molecule has 5 N–H and O–H groups in total. The molecule has 0 amide bonds. The monoisotopic (exact) mass is 208 g/mol. The van der Waals surface area contributed by atoms with Crippen LogP contribution in [0.5, 0.6) is 0 Å². The number of rotatable bonds is 3. The van der Waals surface area contributed by atoms with Crippen LogP contribution in [-0.4, -0.2) is 30.7 Å². The Kier molecular flexibility index (Phi) is 3.85. The zero-order chi connectivity index (χ0) is 9.90. The third-order valence-electron chi connectivity index (χ3n) is 2.00. The Morgan fingerprint density at radius 2 is 2.38 bits per heavy atom. The molecule has 1 rings (SSSR count). The molecule has 6 nitrogen and oxygen atoms in total. The predicted molar refractivity (Wildman–Crippen MR) is 50.7 cm³/mol. The summed E-state index contributed by atoms with van der Waals surface area (Å²) in [5.74, 6) is 0. The van der Waals surface area contributed by atoms with Gasteiger partial charge in [-0.05, 0) is 6.42 Å². The third kappa shape index (κ3) is 3.72. The van der Waals surface area contributed by atoms with Crippen LogP contribution in [0.3, 0.4) is 0 Å². The van der Waals surface area contributed by atoms with E-state index in [0.717, 1.165) is 19.5 Å². The lowest BCUT2D eigenvalue weighted by Crippen LogP contribution is -2.50. The molecular weight excluding hydrogens is 191 g/mol. The molecule has 13 heavy (non-hydrogen) atoms. The molecular formula is C6H17N4O2P. The van der Waals surface area contributed by atoms with Crippen molar-refractivity contribution in [3.8, 4) is 0 Å². The molecule has 1 saturated heterocycles. The zero-order valence-electron chi connectivity index (χ0n) is 7.77. The lowest BCUT2D eigenvalue weighted by Gasteiger charge is -2.34. The van der Waals surface area contributed by atoms with Crippen LogP contribution in [0.25, 0.3) is 0 Å². The van der Waals surface area contributed by atoms with E-state index in [1.54, 1.807) is 5.06 Å². The van der Waals surface area contributed by atoms with Crippen molar-refractivity contribution in [1.82, 2.24) is 10.4 Å². The molecule has 0 spiro atoms. The van der Waals surface area contributed by atoms with Crippen LogP contribution in [0.4, 0.5) is 0 Å². The van der Waals surface area contributed by atoms with Crippen LogP contribution in [0, 0.1) is 0 Å². The molecule has 1 atom stereocenters. The Morgan fingerprint density at radius 3 is 2.92 bits per heavy atom. The van der Waals surface area contributed by atoms with Gasteiger partial charge in [-0.2, -0.15) is 5.06 Å². The van der Waals surface area contributed by atoms with Crippen LogP contribution in [0.15, 0.2) is 0 Å². The van der Waals surface area contributed by atoms with Crippen molar-refractivity contribution < 1.29 is 9.19 Å². The fraction of sp³-hybridized carbons (Fsp3) is 1.00. The van der Waals surface area contributed by atoms with Gasteiger partial charge in [-0.3, -0.25) is 4.57 Å². The first-order valence-corrected chi connectivity index (χ1v) is 6.13. The van der Waals surface area contributed by atoms with E-state index in [4.69, 9.17) is 15.6 Å². The molecule has 0 aromatic carbocycles. The van der Waals surface area contributed by atoms with Crippen LogP contribution in [0.2, 0.25) is 0 Å². The summed E-state index contributed by atoms with van der Waals surface area (Å²) >= 11 is 0. The standard InChI is InChI=1S/C6H17N4O2P/c1-2-6-5-9-3-4-10(6)12-13(7,8)11/h6,9H,2-5H2,1H3,(H4,7,8,11). The fourth-order valence-electron chi connectivity index (χ4n) is 1.36. The molecule has 1 aliphatic heterocycles. The number of nitrogens with two attached hydrogens (primary N) is 2. The van der Waals surface area contributed by atoms with Gasteiger partial charge in [0.15, 0.2) is 0 Å². The summed E-state index contributed by atoms with van der Waals surface area (Å²) < 4.78 is 16.0. The van der Waals surface area contributed by atoms with Gasteiger partial charge in [-0.15, -0.1) is 0 Å². The zero-order valence-corrected chi connectivity index (χ0v) is 8.67. The summed E-state index contributed by atoms with van der Waals surface area (Å²) in [6, 6.07) is 0.203. The first-order chi connectivity index (χ1) is 6.03. The molecule has 0 bridgehead atoms. The molecule has 0 radical (unpaired) electrons. The summed E-state index contributed by atoms with van der Waals surface area (Å²) in [5, 5.41) is 4.83. The van der Waals surface area contributed by atoms with Crippen molar-refractivity contribution in [2.24, 2.45) is 11.0 Å². The summed E-state index contributed by atoms with van der Waals surface area (Å²) in [6.07, 6.45) is 0.910. The minimum atomic E-state index is -3.39. The molecule has 0 saturated carbocycles. The normalized spacial score (nSPS) is 26.2. The highest BCUT2D eigenvalue weighted by atomic mass is 31.2. The van der Waals surface area contributed by atoms with E-state index >= 15 is 0 Å². The van der Waals surface area contributed by atoms with Crippen molar-refractivity contribution in [2.75, 3.05) is 19.6 Å². The van der Waals surface area contributed by atoms with Crippen LogP contribution in [0.1, 0.15) is 13.3 Å². The van der Waals surface area contributed by atoms with Crippen molar-refractivity contribution >= 4 is 7.67 Å². The highest BCUT2D eigenvalue weighted by Crippen LogP contribution is 2.30. The summed E-state index contributed by atoms with van der Waals surface area (Å²) in [7, 11) is -3.39. The van der Waals surface area contributed by atoms with Gasteiger partial charge in [0.2, 0.25) is 0 Å². The molecule has 0 aromatic rings. The topological polar surface area (TPSA) is 93.6 Å².